The largest absolute Gasteiger partial charge is 2.00 e. The normalized spacial score (nSPS) is 6.78. The Balaban J connectivity index is 0. The molecule has 0 N–H and O–H groups in total. The third kappa shape index (κ3) is 5.45. The molecule has 0 aliphatic heterocycles. The molecule has 0 radical (unpaired) electrons. The zero-order valence-corrected chi connectivity index (χ0v) is 9.10. The predicted octanol–water partition coefficient (Wildman–Crippen LogP) is -1.29. The van der Waals surface area contributed by atoms with Crippen molar-refractivity contribution in [2.45, 2.75) is 0 Å². The van der Waals surface area contributed by atoms with Crippen LogP contribution < -0.4 is 12.4 Å². The molecule has 0 fully saturated rings. The molecule has 0 atom stereocenters. The smallest absolute Gasteiger partial charge is 1.00 e. The number of rotatable bonds is 0. The van der Waals surface area contributed by atoms with Gasteiger partial charge in [-0.1, -0.05) is 26.2 Å². The second-order valence-electron chi connectivity index (χ2n) is 1.22. The molecule has 0 saturated heterocycles. The van der Waals surface area contributed by atoms with Gasteiger partial charge in [0.25, 0.3) is 0 Å². The van der Waals surface area contributed by atoms with Crippen LogP contribution in [0.2, 0.25) is 0 Å². The van der Waals surface area contributed by atoms with Crippen LogP contribution >= 0.6 is 22.6 Å². The fourth-order valence-electron chi connectivity index (χ4n) is 0.367. The van der Waals surface area contributed by atoms with Crippen molar-refractivity contribution in [2.24, 2.45) is 0 Å². The van der Waals surface area contributed by atoms with E-state index >= 15 is 0 Å². The van der Waals surface area contributed by atoms with E-state index in [0.717, 1.165) is 0 Å². The summed E-state index contributed by atoms with van der Waals surface area (Å²) >= 11 is 2.26. The van der Waals surface area contributed by atoms with Crippen molar-refractivity contribution in [1.82, 2.24) is 0 Å². The van der Waals surface area contributed by atoms with Gasteiger partial charge in [0, 0.05) is 0 Å². The van der Waals surface area contributed by atoms with Gasteiger partial charge in [0.05, 0.1) is 0 Å². The molecule has 0 unspecified atom stereocenters. The van der Waals surface area contributed by atoms with Crippen molar-refractivity contribution in [3.05, 3.63) is 33.9 Å². The molecule has 0 nitrogen and oxygen atoms in total. The molecule has 0 spiro atoms. The summed E-state index contributed by atoms with van der Waals surface area (Å²) in [4.78, 5) is 0. The minimum Gasteiger partial charge on any atom is -1.00 e. The molecular formula is C6H4ClIMg. The molecule has 44 valence electrons. The first-order chi connectivity index (χ1) is 3.39. The Morgan fingerprint density at radius 3 is 1.89 bits per heavy atom. The Kier molecular flexibility index (Phi) is 10.0. The van der Waals surface area contributed by atoms with E-state index in [0.29, 0.717) is 0 Å². The monoisotopic (exact) mass is 262 g/mol. The molecule has 0 heterocycles. The van der Waals surface area contributed by atoms with Crippen LogP contribution in [0.3, 0.4) is 0 Å². The molecule has 0 saturated carbocycles. The Morgan fingerprint density at radius 2 is 1.67 bits per heavy atom. The SMILES string of the molecule is Ic1cc[c-]cc1.[Cl-].[Mg+2]. The minimum absolute atomic E-state index is 0. The third-order valence-corrected chi connectivity index (χ3v) is 1.40. The zero-order chi connectivity index (χ0) is 5.11. The van der Waals surface area contributed by atoms with Gasteiger partial charge in [-0.2, -0.15) is 30.3 Å². The molecule has 1 rings (SSSR count). The van der Waals surface area contributed by atoms with Crippen molar-refractivity contribution < 1.29 is 12.4 Å². The van der Waals surface area contributed by atoms with Gasteiger partial charge in [-0.3, -0.25) is 0 Å². The summed E-state index contributed by atoms with van der Waals surface area (Å²) < 4.78 is 1.26. The minimum atomic E-state index is 0. The van der Waals surface area contributed by atoms with Crippen molar-refractivity contribution in [3.8, 4) is 0 Å². The molecule has 1 aromatic rings. The first-order valence-corrected chi connectivity index (χ1v) is 3.09. The molecule has 1 aromatic carbocycles. The van der Waals surface area contributed by atoms with Crippen molar-refractivity contribution in [3.63, 3.8) is 0 Å². The van der Waals surface area contributed by atoms with E-state index in [1.807, 2.05) is 24.3 Å². The molecular weight excluding hydrogens is 259 g/mol. The van der Waals surface area contributed by atoms with Crippen molar-refractivity contribution >= 4 is 45.6 Å². The predicted molar refractivity (Wildman–Crippen MR) is 43.7 cm³/mol. The Bertz CT molecular complexity index is 143. The summed E-state index contributed by atoms with van der Waals surface area (Å²) in [6.07, 6.45) is 0. The quantitative estimate of drug-likeness (QED) is 0.310. The summed E-state index contributed by atoms with van der Waals surface area (Å²) in [5.41, 5.74) is 0. The van der Waals surface area contributed by atoms with E-state index in [4.69, 9.17) is 0 Å². The standard InChI is InChI=1S/C6H4I.ClH.Mg/c7-6-4-2-1-3-5-6;;/h2-5H;1H;/q-1;;+2/p-1. The van der Waals surface area contributed by atoms with Gasteiger partial charge in [-0.15, -0.1) is 0 Å². The van der Waals surface area contributed by atoms with Crippen LogP contribution in [0, 0.1) is 9.64 Å². The van der Waals surface area contributed by atoms with Crippen LogP contribution in [-0.2, 0) is 0 Å². The van der Waals surface area contributed by atoms with Crippen LogP contribution in [0.4, 0.5) is 0 Å². The Labute approximate surface area is 91.1 Å². The summed E-state index contributed by atoms with van der Waals surface area (Å²) in [5.74, 6) is 0. The average Bonchev–Trinajstić information content (AvgIpc) is 1.69. The van der Waals surface area contributed by atoms with Crippen LogP contribution in [0.5, 0.6) is 0 Å². The number of hydrogen-bond donors (Lipinski definition) is 0. The second-order valence-corrected chi connectivity index (χ2v) is 2.46. The zero-order valence-electron chi connectivity index (χ0n) is 4.77. The maximum Gasteiger partial charge on any atom is 2.00 e. The van der Waals surface area contributed by atoms with Gasteiger partial charge < -0.3 is 12.4 Å². The van der Waals surface area contributed by atoms with Gasteiger partial charge >= 0.3 is 23.1 Å². The van der Waals surface area contributed by atoms with Crippen LogP contribution in [0.15, 0.2) is 24.3 Å². The molecule has 9 heavy (non-hydrogen) atoms. The molecule has 0 bridgehead atoms. The summed E-state index contributed by atoms with van der Waals surface area (Å²) in [6, 6.07) is 10.8. The molecule has 3 heteroatoms. The molecule has 0 aliphatic rings. The van der Waals surface area contributed by atoms with Crippen LogP contribution in [-0.4, -0.2) is 23.1 Å². The first kappa shape index (κ1) is 12.7. The van der Waals surface area contributed by atoms with Gasteiger partial charge in [0.1, 0.15) is 0 Å². The fourth-order valence-corrected chi connectivity index (χ4v) is 0.726. The third-order valence-electron chi connectivity index (χ3n) is 0.678. The van der Waals surface area contributed by atoms with E-state index in [1.54, 1.807) is 0 Å². The molecule has 0 aromatic heterocycles. The van der Waals surface area contributed by atoms with E-state index in [1.165, 1.54) is 3.57 Å². The van der Waals surface area contributed by atoms with Gasteiger partial charge in [-0.25, -0.2) is 0 Å². The first-order valence-electron chi connectivity index (χ1n) is 2.01. The fraction of sp³-hybridized carbons (Fsp3) is 0. The van der Waals surface area contributed by atoms with Crippen molar-refractivity contribution in [2.75, 3.05) is 0 Å². The van der Waals surface area contributed by atoms with E-state index < -0.39 is 0 Å². The van der Waals surface area contributed by atoms with Gasteiger partial charge in [-0.05, 0) is 0 Å². The summed E-state index contributed by atoms with van der Waals surface area (Å²) in [6.45, 7) is 0. The van der Waals surface area contributed by atoms with E-state index in [2.05, 4.69) is 28.7 Å². The van der Waals surface area contributed by atoms with Crippen molar-refractivity contribution in [1.29, 1.82) is 0 Å². The van der Waals surface area contributed by atoms with Gasteiger partial charge in [0.2, 0.25) is 0 Å². The molecule has 0 aliphatic carbocycles. The molecule has 0 amide bonds. The number of hydrogen-bond acceptors (Lipinski definition) is 0. The average molecular weight is 263 g/mol. The van der Waals surface area contributed by atoms with Gasteiger partial charge in [0.15, 0.2) is 0 Å². The van der Waals surface area contributed by atoms with E-state index in [9.17, 15) is 0 Å². The Hall–Kier alpha value is 1.01. The topological polar surface area (TPSA) is 0 Å². The Morgan fingerprint density at radius 1 is 1.22 bits per heavy atom. The maximum absolute atomic E-state index is 2.93. The number of halogens is 2. The van der Waals surface area contributed by atoms with Crippen LogP contribution in [0.1, 0.15) is 0 Å². The second kappa shape index (κ2) is 7.12. The van der Waals surface area contributed by atoms with E-state index in [-0.39, 0.29) is 35.5 Å². The summed E-state index contributed by atoms with van der Waals surface area (Å²) in [7, 11) is 0. The van der Waals surface area contributed by atoms with Crippen LogP contribution in [0.25, 0.3) is 0 Å². The summed E-state index contributed by atoms with van der Waals surface area (Å²) in [5, 5.41) is 0. The maximum atomic E-state index is 2.93. The number of benzene rings is 1.